The fraction of sp³-hybridized carbons (Fsp3) is 0.500. The molecule has 1 unspecified atom stereocenters. The number of alkyl halides is 3. The second-order valence-electron chi connectivity index (χ2n) is 4.43. The lowest BCUT2D eigenvalue weighted by Crippen LogP contribution is -2.28. The van der Waals surface area contributed by atoms with Crippen LogP contribution in [-0.2, 0) is 6.18 Å². The van der Waals surface area contributed by atoms with E-state index in [1.807, 2.05) is 0 Å². The molecule has 0 spiro atoms. The zero-order chi connectivity index (χ0) is 13.3. The number of aromatic hydroxyl groups is 1. The summed E-state index contributed by atoms with van der Waals surface area (Å²) in [6.07, 6.45) is -2.97. The maximum Gasteiger partial charge on any atom is 0.420 e. The van der Waals surface area contributed by atoms with Gasteiger partial charge in [-0.05, 0) is 31.5 Å². The Morgan fingerprint density at radius 3 is 2.61 bits per heavy atom. The van der Waals surface area contributed by atoms with Gasteiger partial charge < -0.3 is 10.4 Å². The minimum absolute atomic E-state index is 0.000647. The number of rotatable bonds is 1. The highest BCUT2D eigenvalue weighted by molar-refractivity contribution is 6.30. The number of phenolic OH excluding ortho intramolecular Hbond substituents is 1. The molecule has 1 aliphatic rings. The van der Waals surface area contributed by atoms with Crippen LogP contribution in [0.5, 0.6) is 5.75 Å². The van der Waals surface area contributed by atoms with Crippen molar-refractivity contribution in [2.24, 2.45) is 0 Å². The Labute approximate surface area is 108 Å². The minimum Gasteiger partial charge on any atom is -0.507 e. The Balaban J connectivity index is 2.44. The Bertz CT molecular complexity index is 442. The predicted octanol–water partition coefficient (Wildman–Crippen LogP) is 3.53. The highest BCUT2D eigenvalue weighted by Crippen LogP contribution is 2.42. The van der Waals surface area contributed by atoms with Crippen LogP contribution in [-0.4, -0.2) is 18.2 Å². The average molecular weight is 280 g/mol. The van der Waals surface area contributed by atoms with E-state index in [0.29, 0.717) is 6.54 Å². The van der Waals surface area contributed by atoms with Crippen molar-refractivity contribution in [1.82, 2.24) is 5.32 Å². The first-order chi connectivity index (χ1) is 8.39. The van der Waals surface area contributed by atoms with Crippen molar-refractivity contribution in [2.75, 3.05) is 13.1 Å². The second-order valence-corrected chi connectivity index (χ2v) is 4.87. The van der Waals surface area contributed by atoms with E-state index in [9.17, 15) is 18.3 Å². The molecular formula is C12H13ClF3NO. The zero-order valence-electron chi connectivity index (χ0n) is 9.52. The van der Waals surface area contributed by atoms with E-state index in [0.717, 1.165) is 25.5 Å². The standard InChI is InChI=1S/C12H13ClF3NO/c13-8-4-9(7-2-1-3-17-6-7)11(18)10(5-8)12(14,15)16/h4-5,7,17-18H,1-3,6H2. The van der Waals surface area contributed by atoms with E-state index in [-0.39, 0.29) is 16.5 Å². The first kappa shape index (κ1) is 13.5. The van der Waals surface area contributed by atoms with Crippen LogP contribution in [0, 0.1) is 0 Å². The van der Waals surface area contributed by atoms with Crippen LogP contribution in [0.15, 0.2) is 12.1 Å². The van der Waals surface area contributed by atoms with Crippen molar-refractivity contribution in [3.05, 3.63) is 28.3 Å². The summed E-state index contributed by atoms with van der Waals surface area (Å²) in [5.41, 5.74) is -0.780. The second kappa shape index (κ2) is 4.97. The first-order valence-electron chi connectivity index (χ1n) is 5.70. The Morgan fingerprint density at radius 2 is 2.06 bits per heavy atom. The normalized spacial score (nSPS) is 21.0. The summed E-state index contributed by atoms with van der Waals surface area (Å²) < 4.78 is 38.2. The van der Waals surface area contributed by atoms with Gasteiger partial charge in [-0.25, -0.2) is 0 Å². The van der Waals surface area contributed by atoms with Gasteiger partial charge in [0.1, 0.15) is 5.75 Å². The minimum atomic E-state index is -4.59. The van der Waals surface area contributed by atoms with E-state index >= 15 is 0 Å². The summed E-state index contributed by atoms with van der Waals surface area (Å²) in [5.74, 6) is -0.820. The molecule has 1 heterocycles. The number of phenols is 1. The zero-order valence-corrected chi connectivity index (χ0v) is 10.3. The van der Waals surface area contributed by atoms with Crippen molar-refractivity contribution in [1.29, 1.82) is 0 Å². The van der Waals surface area contributed by atoms with Crippen molar-refractivity contribution < 1.29 is 18.3 Å². The van der Waals surface area contributed by atoms with E-state index in [4.69, 9.17) is 11.6 Å². The smallest absolute Gasteiger partial charge is 0.420 e. The molecule has 2 nitrogen and oxygen atoms in total. The molecule has 100 valence electrons. The molecule has 1 aromatic carbocycles. The van der Waals surface area contributed by atoms with Crippen molar-refractivity contribution >= 4 is 11.6 Å². The number of hydrogen-bond acceptors (Lipinski definition) is 2. The monoisotopic (exact) mass is 279 g/mol. The summed E-state index contributed by atoms with van der Waals surface area (Å²) in [6.45, 7) is 1.41. The lowest BCUT2D eigenvalue weighted by Gasteiger charge is -2.25. The lowest BCUT2D eigenvalue weighted by molar-refractivity contribution is -0.138. The molecule has 1 fully saturated rings. The third kappa shape index (κ3) is 2.72. The van der Waals surface area contributed by atoms with Crippen molar-refractivity contribution in [3.63, 3.8) is 0 Å². The number of hydrogen-bond donors (Lipinski definition) is 2. The topological polar surface area (TPSA) is 32.3 Å². The molecule has 2 N–H and O–H groups in total. The van der Waals surface area contributed by atoms with E-state index in [2.05, 4.69) is 5.32 Å². The quantitative estimate of drug-likeness (QED) is 0.824. The van der Waals surface area contributed by atoms with Gasteiger partial charge in [0.2, 0.25) is 0 Å². The number of piperidine rings is 1. The number of benzene rings is 1. The molecule has 6 heteroatoms. The molecule has 1 aliphatic heterocycles. The highest BCUT2D eigenvalue weighted by atomic mass is 35.5. The third-order valence-electron chi connectivity index (χ3n) is 3.15. The summed E-state index contributed by atoms with van der Waals surface area (Å²) in [5, 5.41) is 12.9. The molecule has 0 radical (unpaired) electrons. The molecule has 1 saturated heterocycles. The van der Waals surface area contributed by atoms with Crippen LogP contribution in [0.3, 0.4) is 0 Å². The molecule has 0 bridgehead atoms. The Kier molecular flexibility index (Phi) is 3.73. The Hall–Kier alpha value is -0.940. The van der Waals surface area contributed by atoms with Crippen LogP contribution >= 0.6 is 11.6 Å². The summed E-state index contributed by atoms with van der Waals surface area (Å²) in [6, 6.07) is 2.18. The molecule has 0 saturated carbocycles. The van der Waals surface area contributed by atoms with Crippen molar-refractivity contribution in [2.45, 2.75) is 24.9 Å². The van der Waals surface area contributed by atoms with Gasteiger partial charge in [0, 0.05) is 23.0 Å². The number of nitrogens with one attached hydrogen (secondary N) is 1. The molecule has 1 aromatic rings. The van der Waals surface area contributed by atoms with Crippen LogP contribution in [0.1, 0.15) is 29.9 Å². The van der Waals surface area contributed by atoms with Crippen LogP contribution in [0.2, 0.25) is 5.02 Å². The Morgan fingerprint density at radius 1 is 1.33 bits per heavy atom. The van der Waals surface area contributed by atoms with Gasteiger partial charge in [-0.15, -0.1) is 0 Å². The van der Waals surface area contributed by atoms with E-state index in [1.54, 1.807) is 0 Å². The van der Waals surface area contributed by atoms with Gasteiger partial charge >= 0.3 is 6.18 Å². The van der Waals surface area contributed by atoms with Gasteiger partial charge in [0.15, 0.2) is 0 Å². The van der Waals surface area contributed by atoms with Gasteiger partial charge in [-0.1, -0.05) is 11.6 Å². The molecule has 2 rings (SSSR count). The van der Waals surface area contributed by atoms with Gasteiger partial charge in [0.25, 0.3) is 0 Å². The van der Waals surface area contributed by atoms with Gasteiger partial charge in [-0.3, -0.25) is 0 Å². The maximum absolute atomic E-state index is 12.7. The van der Waals surface area contributed by atoms with Gasteiger partial charge in [0.05, 0.1) is 5.56 Å². The van der Waals surface area contributed by atoms with Crippen LogP contribution < -0.4 is 5.32 Å². The lowest BCUT2D eigenvalue weighted by atomic mass is 9.89. The highest BCUT2D eigenvalue weighted by Gasteiger charge is 2.36. The molecule has 1 atom stereocenters. The number of halogens is 4. The predicted molar refractivity (Wildman–Crippen MR) is 63.0 cm³/mol. The molecular weight excluding hydrogens is 267 g/mol. The molecule has 0 aliphatic carbocycles. The fourth-order valence-corrected chi connectivity index (χ4v) is 2.49. The summed E-state index contributed by atoms with van der Waals surface area (Å²) in [4.78, 5) is 0. The molecule has 0 amide bonds. The fourth-order valence-electron chi connectivity index (χ4n) is 2.26. The molecule has 18 heavy (non-hydrogen) atoms. The largest absolute Gasteiger partial charge is 0.507 e. The van der Waals surface area contributed by atoms with Crippen LogP contribution in [0.25, 0.3) is 0 Å². The van der Waals surface area contributed by atoms with Gasteiger partial charge in [-0.2, -0.15) is 13.2 Å². The first-order valence-corrected chi connectivity index (χ1v) is 6.07. The van der Waals surface area contributed by atoms with Crippen LogP contribution in [0.4, 0.5) is 13.2 Å². The maximum atomic E-state index is 12.7. The average Bonchev–Trinajstić information content (AvgIpc) is 2.31. The summed E-state index contributed by atoms with van der Waals surface area (Å²) >= 11 is 5.72. The van der Waals surface area contributed by atoms with E-state index in [1.165, 1.54) is 6.07 Å². The third-order valence-corrected chi connectivity index (χ3v) is 3.36. The summed E-state index contributed by atoms with van der Waals surface area (Å²) in [7, 11) is 0. The SMILES string of the molecule is Oc1c(C2CCCNC2)cc(Cl)cc1C(F)(F)F. The molecule has 0 aromatic heterocycles. The van der Waals surface area contributed by atoms with Crippen molar-refractivity contribution in [3.8, 4) is 5.75 Å². The van der Waals surface area contributed by atoms with E-state index < -0.39 is 17.5 Å².